The van der Waals surface area contributed by atoms with Crippen LogP contribution in [-0.4, -0.2) is 20.1 Å². The number of sulfonamides is 1. The maximum atomic E-state index is 12.7. The minimum atomic E-state index is -3.74. The highest BCUT2D eigenvalue weighted by molar-refractivity contribution is 7.89. The third-order valence-electron chi connectivity index (χ3n) is 4.04. The van der Waals surface area contributed by atoms with Crippen LogP contribution in [0.2, 0.25) is 0 Å². The molecule has 0 spiro atoms. The van der Waals surface area contributed by atoms with Crippen molar-refractivity contribution in [1.82, 2.24) is 4.72 Å². The van der Waals surface area contributed by atoms with Crippen LogP contribution in [0.5, 0.6) is 0 Å². The van der Waals surface area contributed by atoms with Crippen LogP contribution in [0.3, 0.4) is 0 Å². The largest absolute Gasteiger partial charge is 0.384 e. The third-order valence-corrected chi connectivity index (χ3v) is 5.50. The summed E-state index contributed by atoms with van der Waals surface area (Å²) < 4.78 is 27.9. The molecular formula is C19H19NO3S. The highest BCUT2D eigenvalue weighted by atomic mass is 32.2. The molecule has 3 aromatic carbocycles. The quantitative estimate of drug-likeness (QED) is 0.750. The van der Waals surface area contributed by atoms with Gasteiger partial charge in [0.25, 0.3) is 0 Å². The Hall–Kier alpha value is -2.21. The van der Waals surface area contributed by atoms with Gasteiger partial charge in [-0.25, -0.2) is 13.1 Å². The molecule has 0 aliphatic heterocycles. The number of hydrogen-bond donors (Lipinski definition) is 2. The Balaban J connectivity index is 1.89. The number of hydrogen-bond acceptors (Lipinski definition) is 3. The van der Waals surface area contributed by atoms with Gasteiger partial charge in [-0.1, -0.05) is 66.7 Å². The first-order valence-corrected chi connectivity index (χ1v) is 9.14. The van der Waals surface area contributed by atoms with Crippen molar-refractivity contribution in [3.8, 4) is 0 Å². The Morgan fingerprint density at radius 2 is 1.54 bits per heavy atom. The van der Waals surface area contributed by atoms with Crippen LogP contribution in [0.15, 0.2) is 77.7 Å². The van der Waals surface area contributed by atoms with Gasteiger partial charge in [0.05, 0.1) is 4.90 Å². The lowest BCUT2D eigenvalue weighted by Gasteiger charge is -2.24. The van der Waals surface area contributed by atoms with Crippen molar-refractivity contribution in [2.45, 2.75) is 17.4 Å². The molecule has 24 heavy (non-hydrogen) atoms. The Bertz CT molecular complexity index is 945. The van der Waals surface area contributed by atoms with E-state index >= 15 is 0 Å². The summed E-state index contributed by atoms with van der Waals surface area (Å²) in [4.78, 5) is 0.212. The summed E-state index contributed by atoms with van der Waals surface area (Å²) >= 11 is 0. The molecule has 0 saturated heterocycles. The van der Waals surface area contributed by atoms with Gasteiger partial charge in [0.2, 0.25) is 10.0 Å². The fourth-order valence-electron chi connectivity index (χ4n) is 2.64. The predicted molar refractivity (Wildman–Crippen MR) is 95.1 cm³/mol. The minimum absolute atomic E-state index is 0.109. The van der Waals surface area contributed by atoms with Gasteiger partial charge >= 0.3 is 0 Å². The molecule has 0 bridgehead atoms. The summed E-state index contributed by atoms with van der Waals surface area (Å²) in [6.45, 7) is 1.48. The number of nitrogens with one attached hydrogen (secondary N) is 1. The van der Waals surface area contributed by atoms with Crippen LogP contribution in [0, 0.1) is 0 Å². The van der Waals surface area contributed by atoms with E-state index in [2.05, 4.69) is 4.72 Å². The molecule has 0 fully saturated rings. The molecular weight excluding hydrogens is 322 g/mol. The van der Waals surface area contributed by atoms with E-state index in [0.717, 1.165) is 5.39 Å². The Labute approximate surface area is 141 Å². The third kappa shape index (κ3) is 3.33. The molecule has 0 aliphatic carbocycles. The van der Waals surface area contributed by atoms with E-state index < -0.39 is 15.6 Å². The molecule has 0 saturated carbocycles. The molecule has 0 aromatic heterocycles. The lowest BCUT2D eigenvalue weighted by Crippen LogP contribution is -2.38. The molecule has 3 rings (SSSR count). The van der Waals surface area contributed by atoms with Crippen molar-refractivity contribution in [2.24, 2.45) is 0 Å². The molecule has 4 nitrogen and oxygen atoms in total. The van der Waals surface area contributed by atoms with Crippen molar-refractivity contribution < 1.29 is 13.5 Å². The first-order valence-electron chi connectivity index (χ1n) is 7.65. The topological polar surface area (TPSA) is 66.4 Å². The molecule has 2 N–H and O–H groups in total. The van der Waals surface area contributed by atoms with Gasteiger partial charge in [-0.15, -0.1) is 0 Å². The maximum Gasteiger partial charge on any atom is 0.241 e. The zero-order valence-corrected chi connectivity index (χ0v) is 14.1. The summed E-state index contributed by atoms with van der Waals surface area (Å²) in [7, 11) is -3.74. The number of fused-ring (bicyclic) bond motifs is 1. The molecule has 0 radical (unpaired) electrons. The minimum Gasteiger partial charge on any atom is -0.384 e. The molecule has 3 aromatic rings. The molecule has 5 heteroatoms. The summed E-state index contributed by atoms with van der Waals surface area (Å²) in [6, 6.07) is 21.5. The van der Waals surface area contributed by atoms with E-state index in [1.165, 1.54) is 0 Å². The average molecular weight is 341 g/mol. The van der Waals surface area contributed by atoms with Crippen molar-refractivity contribution in [3.05, 3.63) is 78.4 Å². The van der Waals surface area contributed by atoms with Crippen molar-refractivity contribution in [2.75, 3.05) is 6.54 Å². The molecule has 1 atom stereocenters. The summed E-state index contributed by atoms with van der Waals surface area (Å²) in [6.07, 6.45) is 0. The molecule has 0 heterocycles. The van der Waals surface area contributed by atoms with Gasteiger partial charge in [-0.2, -0.15) is 0 Å². The van der Waals surface area contributed by atoms with Crippen LogP contribution in [0.1, 0.15) is 12.5 Å². The number of aliphatic hydroxyl groups is 1. The van der Waals surface area contributed by atoms with Crippen LogP contribution >= 0.6 is 0 Å². The van der Waals surface area contributed by atoms with Crippen molar-refractivity contribution in [1.29, 1.82) is 0 Å². The zero-order chi connectivity index (χ0) is 17.2. The predicted octanol–water partition coefficient (Wildman–Crippen LogP) is 3.03. The fraction of sp³-hybridized carbons (Fsp3) is 0.158. The standard InChI is InChI=1S/C19H19NO3S/c1-19(21,16-10-3-2-4-11-16)14-20-24(22,23)18-13-7-9-15-8-5-6-12-17(15)18/h2-13,20-21H,14H2,1H3. The van der Waals surface area contributed by atoms with E-state index in [1.54, 1.807) is 37.3 Å². The van der Waals surface area contributed by atoms with E-state index in [0.29, 0.717) is 10.9 Å². The lowest BCUT2D eigenvalue weighted by molar-refractivity contribution is 0.0627. The lowest BCUT2D eigenvalue weighted by atomic mass is 9.97. The van der Waals surface area contributed by atoms with Crippen molar-refractivity contribution >= 4 is 20.8 Å². The zero-order valence-electron chi connectivity index (χ0n) is 13.3. The normalized spacial score (nSPS) is 14.4. The maximum absolute atomic E-state index is 12.7. The van der Waals surface area contributed by atoms with Gasteiger partial charge in [0, 0.05) is 11.9 Å². The summed E-state index contributed by atoms with van der Waals surface area (Å²) in [5, 5.41) is 12.1. The van der Waals surface area contributed by atoms with E-state index in [-0.39, 0.29) is 11.4 Å². The van der Waals surface area contributed by atoms with Crippen LogP contribution < -0.4 is 4.72 Å². The van der Waals surface area contributed by atoms with E-state index in [1.807, 2.05) is 42.5 Å². The second-order valence-electron chi connectivity index (χ2n) is 5.94. The highest BCUT2D eigenvalue weighted by Gasteiger charge is 2.26. The monoisotopic (exact) mass is 341 g/mol. The molecule has 0 amide bonds. The number of benzene rings is 3. The first kappa shape index (κ1) is 16.6. The Morgan fingerprint density at radius 1 is 0.917 bits per heavy atom. The van der Waals surface area contributed by atoms with Gasteiger partial charge in [-0.05, 0) is 23.9 Å². The number of rotatable bonds is 5. The van der Waals surface area contributed by atoms with Crippen molar-refractivity contribution in [3.63, 3.8) is 0 Å². The van der Waals surface area contributed by atoms with Gasteiger partial charge in [0.15, 0.2) is 0 Å². The van der Waals surface area contributed by atoms with E-state index in [9.17, 15) is 13.5 Å². The molecule has 0 aliphatic rings. The second kappa shape index (κ2) is 6.36. The van der Waals surface area contributed by atoms with E-state index in [4.69, 9.17) is 0 Å². The molecule has 124 valence electrons. The Morgan fingerprint density at radius 3 is 2.29 bits per heavy atom. The van der Waals surface area contributed by atoms with Gasteiger partial charge < -0.3 is 5.11 Å². The van der Waals surface area contributed by atoms with Gasteiger partial charge in [0.1, 0.15) is 5.60 Å². The SMILES string of the molecule is CC(O)(CNS(=O)(=O)c1cccc2ccccc12)c1ccccc1. The summed E-state index contributed by atoms with van der Waals surface area (Å²) in [5.41, 5.74) is -0.635. The smallest absolute Gasteiger partial charge is 0.241 e. The Kier molecular flexibility index (Phi) is 4.41. The summed E-state index contributed by atoms with van der Waals surface area (Å²) in [5.74, 6) is 0. The van der Waals surface area contributed by atoms with Gasteiger partial charge in [-0.3, -0.25) is 0 Å². The first-order chi connectivity index (χ1) is 11.4. The highest BCUT2D eigenvalue weighted by Crippen LogP contribution is 2.24. The van der Waals surface area contributed by atoms with Crippen LogP contribution in [0.4, 0.5) is 0 Å². The molecule has 1 unspecified atom stereocenters. The fourth-order valence-corrected chi connectivity index (χ4v) is 4.00. The van der Waals surface area contributed by atoms with Crippen LogP contribution in [0.25, 0.3) is 10.8 Å². The van der Waals surface area contributed by atoms with Crippen LogP contribution in [-0.2, 0) is 15.6 Å². The average Bonchev–Trinajstić information content (AvgIpc) is 2.60. The second-order valence-corrected chi connectivity index (χ2v) is 7.68.